The summed E-state index contributed by atoms with van der Waals surface area (Å²) in [5.74, 6) is -0.433. The van der Waals surface area contributed by atoms with Crippen molar-refractivity contribution < 1.29 is 19.0 Å². The van der Waals surface area contributed by atoms with Crippen LogP contribution < -0.4 is 0 Å². The summed E-state index contributed by atoms with van der Waals surface area (Å²) in [5, 5.41) is 16.0. The van der Waals surface area contributed by atoms with Crippen molar-refractivity contribution in [3.8, 4) is 12.5 Å². The van der Waals surface area contributed by atoms with Gasteiger partial charge in [-0.1, -0.05) is 0 Å². The third kappa shape index (κ3) is 8.15. The number of carbonyl (C=O) groups is 1. The lowest BCUT2D eigenvalue weighted by atomic mass is 10.4. The summed E-state index contributed by atoms with van der Waals surface area (Å²) >= 11 is 0. The van der Waals surface area contributed by atoms with E-state index in [1.807, 2.05) is 0 Å². The molecule has 0 aromatic carbocycles. The number of esters is 1. The first-order valence-electron chi connectivity index (χ1n) is 3.98. The van der Waals surface area contributed by atoms with Gasteiger partial charge in [0.05, 0.1) is 13.0 Å². The lowest BCUT2D eigenvalue weighted by Gasteiger charge is -2.02. The molecule has 76 valence electrons. The number of hydrogen-bond acceptors (Lipinski definition) is 6. The monoisotopic (exact) mass is 198 g/mol. The molecule has 0 bridgehead atoms. The number of carbonyl (C=O) groups excluding carboxylic acids is 1. The Hall–Kier alpha value is -1.95. The number of nitriles is 2. The largest absolute Gasteiger partial charge is 0.465 e. The van der Waals surface area contributed by atoms with E-state index in [9.17, 15) is 4.79 Å². The van der Waals surface area contributed by atoms with Crippen molar-refractivity contribution in [3.63, 3.8) is 0 Å². The molecule has 0 unspecified atom stereocenters. The average molecular weight is 198 g/mol. The van der Waals surface area contributed by atoms with Crippen molar-refractivity contribution >= 4 is 5.97 Å². The molecule has 0 aromatic rings. The van der Waals surface area contributed by atoms with E-state index in [1.165, 1.54) is 12.5 Å². The van der Waals surface area contributed by atoms with Gasteiger partial charge in [-0.05, 0) is 0 Å². The molecule has 0 aliphatic heterocycles. The summed E-state index contributed by atoms with van der Waals surface area (Å²) in [7, 11) is 0. The summed E-state index contributed by atoms with van der Waals surface area (Å²) < 4.78 is 13.4. The van der Waals surface area contributed by atoms with Gasteiger partial charge in [-0.3, -0.25) is 4.79 Å². The lowest BCUT2D eigenvalue weighted by Crippen LogP contribution is -2.09. The highest BCUT2D eigenvalue weighted by Gasteiger charge is 2.02. The van der Waals surface area contributed by atoms with Crippen molar-refractivity contribution in [2.75, 3.05) is 19.8 Å². The zero-order chi connectivity index (χ0) is 10.6. The van der Waals surface area contributed by atoms with Gasteiger partial charge < -0.3 is 14.2 Å². The van der Waals surface area contributed by atoms with Gasteiger partial charge in [-0.2, -0.15) is 10.5 Å². The van der Waals surface area contributed by atoms with Crippen LogP contribution in [0.15, 0.2) is 0 Å². The Kier molecular flexibility index (Phi) is 7.87. The summed E-state index contributed by atoms with van der Waals surface area (Å²) in [5.41, 5.74) is 0. The molecule has 0 N–H and O–H groups in total. The van der Waals surface area contributed by atoms with Crippen LogP contribution in [0.25, 0.3) is 0 Å². The van der Waals surface area contributed by atoms with E-state index in [1.54, 1.807) is 0 Å². The Bertz CT molecular complexity index is 241. The van der Waals surface area contributed by atoms with Crippen LogP contribution in [0.5, 0.6) is 0 Å². The maximum Gasteiger partial charge on any atom is 0.309 e. The highest BCUT2D eigenvalue weighted by Crippen LogP contribution is 1.90. The van der Waals surface area contributed by atoms with Crippen molar-refractivity contribution in [3.05, 3.63) is 0 Å². The van der Waals surface area contributed by atoms with E-state index in [0.29, 0.717) is 6.42 Å². The second kappa shape index (κ2) is 9.14. The molecule has 0 aliphatic carbocycles. The minimum Gasteiger partial charge on any atom is -0.465 e. The molecule has 6 nitrogen and oxygen atoms in total. The third-order valence-electron chi connectivity index (χ3n) is 1.19. The number of rotatable bonds is 7. The molecule has 0 spiro atoms. The smallest absolute Gasteiger partial charge is 0.309 e. The third-order valence-corrected chi connectivity index (χ3v) is 1.19. The van der Waals surface area contributed by atoms with Crippen LogP contribution in [0.3, 0.4) is 0 Å². The predicted molar refractivity (Wildman–Crippen MR) is 43.3 cm³/mol. The average Bonchev–Trinajstić information content (AvgIpc) is 2.18. The highest BCUT2D eigenvalue weighted by atomic mass is 16.5. The Morgan fingerprint density at radius 2 is 1.71 bits per heavy atom. The van der Waals surface area contributed by atoms with Crippen LogP contribution in [-0.2, 0) is 19.0 Å². The summed E-state index contributed by atoms with van der Waals surface area (Å²) in [4.78, 5) is 10.8. The van der Waals surface area contributed by atoms with Crippen molar-refractivity contribution in [2.24, 2.45) is 0 Å². The molecule has 6 heteroatoms. The molecule has 0 saturated heterocycles. The zero-order valence-corrected chi connectivity index (χ0v) is 7.56. The highest BCUT2D eigenvalue weighted by molar-refractivity contribution is 5.69. The molecule has 0 amide bonds. The second-order valence-corrected chi connectivity index (χ2v) is 2.20. The SMILES string of the molecule is N#COCCCOC(=O)CCOC#N. The van der Waals surface area contributed by atoms with Gasteiger partial charge in [0.2, 0.25) is 0 Å². The summed E-state index contributed by atoms with van der Waals surface area (Å²) in [6, 6.07) is 0. The van der Waals surface area contributed by atoms with Crippen LogP contribution in [0.2, 0.25) is 0 Å². The number of nitrogens with zero attached hydrogens (tertiary/aromatic N) is 2. The first-order chi connectivity index (χ1) is 6.81. The van der Waals surface area contributed by atoms with Gasteiger partial charge in [-0.25, -0.2) is 0 Å². The fourth-order valence-electron chi connectivity index (χ4n) is 0.615. The molecule has 0 rings (SSSR count). The van der Waals surface area contributed by atoms with E-state index in [2.05, 4.69) is 9.47 Å². The molecular formula is C8H10N2O4. The van der Waals surface area contributed by atoms with Gasteiger partial charge in [0.25, 0.3) is 12.5 Å². The summed E-state index contributed by atoms with van der Waals surface area (Å²) in [6.45, 7) is 0.468. The maximum absolute atomic E-state index is 10.8. The topological polar surface area (TPSA) is 92.3 Å². The van der Waals surface area contributed by atoms with Gasteiger partial charge >= 0.3 is 5.97 Å². The molecule has 0 aromatic heterocycles. The quantitative estimate of drug-likeness (QED) is 0.332. The number of hydrogen-bond donors (Lipinski definition) is 0. The van der Waals surface area contributed by atoms with E-state index >= 15 is 0 Å². The minimum atomic E-state index is -0.433. The van der Waals surface area contributed by atoms with Gasteiger partial charge in [0.1, 0.15) is 13.2 Å². The molecule has 0 fully saturated rings. The molecule has 0 heterocycles. The van der Waals surface area contributed by atoms with Gasteiger partial charge in [-0.15, -0.1) is 0 Å². The Balaban J connectivity index is 3.20. The van der Waals surface area contributed by atoms with Crippen LogP contribution in [-0.4, -0.2) is 25.8 Å². The van der Waals surface area contributed by atoms with Gasteiger partial charge in [0.15, 0.2) is 0 Å². The Labute approximate surface area is 81.6 Å². The predicted octanol–water partition coefficient (Wildman–Crippen LogP) is 0.305. The Morgan fingerprint density at radius 3 is 2.36 bits per heavy atom. The number of ether oxygens (including phenoxy) is 3. The minimum absolute atomic E-state index is 0.0318. The van der Waals surface area contributed by atoms with E-state index < -0.39 is 5.97 Å². The molecule has 0 radical (unpaired) electrons. The normalized spacial score (nSPS) is 8.14. The zero-order valence-electron chi connectivity index (χ0n) is 7.56. The molecule has 0 atom stereocenters. The van der Waals surface area contributed by atoms with Crippen LogP contribution >= 0.6 is 0 Å². The fourth-order valence-corrected chi connectivity index (χ4v) is 0.615. The molecule has 14 heavy (non-hydrogen) atoms. The lowest BCUT2D eigenvalue weighted by molar-refractivity contribution is -0.144. The second-order valence-electron chi connectivity index (χ2n) is 2.20. The van der Waals surface area contributed by atoms with Crippen LogP contribution in [0.1, 0.15) is 12.8 Å². The van der Waals surface area contributed by atoms with Crippen molar-refractivity contribution in [2.45, 2.75) is 12.8 Å². The van der Waals surface area contributed by atoms with Crippen LogP contribution in [0.4, 0.5) is 0 Å². The van der Waals surface area contributed by atoms with Crippen molar-refractivity contribution in [1.82, 2.24) is 0 Å². The molecule has 0 aliphatic rings. The van der Waals surface area contributed by atoms with Crippen LogP contribution in [0, 0.1) is 23.0 Å². The van der Waals surface area contributed by atoms with Gasteiger partial charge in [0, 0.05) is 6.42 Å². The molecular weight excluding hydrogens is 188 g/mol. The Morgan fingerprint density at radius 1 is 1.07 bits per heavy atom. The van der Waals surface area contributed by atoms with Crippen molar-refractivity contribution in [1.29, 1.82) is 10.5 Å². The van der Waals surface area contributed by atoms with E-state index in [4.69, 9.17) is 15.3 Å². The van der Waals surface area contributed by atoms with E-state index in [0.717, 1.165) is 0 Å². The molecule has 0 saturated carbocycles. The maximum atomic E-state index is 10.8. The first kappa shape index (κ1) is 12.0. The first-order valence-corrected chi connectivity index (χ1v) is 3.98. The fraction of sp³-hybridized carbons (Fsp3) is 0.625. The summed E-state index contributed by atoms with van der Waals surface area (Å²) in [6.07, 6.45) is 3.46. The van der Waals surface area contributed by atoms with E-state index in [-0.39, 0.29) is 26.2 Å². The standard InChI is InChI=1S/C8H10N2O4/c9-6-12-3-1-4-14-8(11)2-5-13-7-10/h1-5H2.